The fourth-order valence-electron chi connectivity index (χ4n) is 1.77. The van der Waals surface area contributed by atoms with Gasteiger partial charge in [0.1, 0.15) is 10.6 Å². The van der Waals surface area contributed by atoms with Crippen molar-refractivity contribution < 1.29 is 18.3 Å². The number of carboxylic acids is 1. The van der Waals surface area contributed by atoms with E-state index >= 15 is 0 Å². The Balaban J connectivity index is 2.30. The Morgan fingerprint density at radius 3 is 2.75 bits per heavy atom. The molecule has 2 rings (SSSR count). The van der Waals surface area contributed by atoms with Crippen LogP contribution in [0.4, 0.5) is 0 Å². The van der Waals surface area contributed by atoms with Crippen LogP contribution < -0.4 is 0 Å². The maximum atomic E-state index is 12.3. The van der Waals surface area contributed by atoms with Crippen molar-refractivity contribution in [1.82, 2.24) is 19.1 Å². The first-order valence-corrected chi connectivity index (χ1v) is 7.10. The van der Waals surface area contributed by atoms with Crippen LogP contribution in [-0.2, 0) is 23.6 Å². The summed E-state index contributed by atoms with van der Waals surface area (Å²) in [5.41, 5.74) is 0.630. The third kappa shape index (κ3) is 2.58. The van der Waals surface area contributed by atoms with Crippen LogP contribution in [0.5, 0.6) is 0 Å². The highest BCUT2D eigenvalue weighted by atomic mass is 32.2. The number of aromatic nitrogens is 3. The van der Waals surface area contributed by atoms with Crippen molar-refractivity contribution in [2.24, 2.45) is 7.05 Å². The van der Waals surface area contributed by atoms with Crippen LogP contribution in [0.3, 0.4) is 0 Å². The SMILES string of the molecule is CN(Cc1cn[nH]c1)S(=O)(=O)c1cc(C(=O)O)n(C)c1. The van der Waals surface area contributed by atoms with Crippen molar-refractivity contribution in [3.63, 3.8) is 0 Å². The molecule has 0 fully saturated rings. The standard InChI is InChI=1S/C11H14N4O4S/c1-14-7-9(3-10(14)11(16)17)20(18,19)15(2)6-8-4-12-13-5-8/h3-5,7H,6H2,1-2H3,(H,12,13)(H,16,17). The van der Waals surface area contributed by atoms with Gasteiger partial charge in [-0.1, -0.05) is 0 Å². The molecule has 0 saturated carbocycles. The first-order valence-electron chi connectivity index (χ1n) is 5.66. The number of aromatic carboxylic acids is 1. The fraction of sp³-hybridized carbons (Fsp3) is 0.273. The Morgan fingerprint density at radius 1 is 1.55 bits per heavy atom. The number of hydrogen-bond acceptors (Lipinski definition) is 4. The van der Waals surface area contributed by atoms with E-state index in [1.165, 1.54) is 31.1 Å². The van der Waals surface area contributed by atoms with Gasteiger partial charge >= 0.3 is 5.97 Å². The van der Waals surface area contributed by atoms with Crippen LogP contribution in [0.25, 0.3) is 0 Å². The highest BCUT2D eigenvalue weighted by Crippen LogP contribution is 2.19. The van der Waals surface area contributed by atoms with Crippen molar-refractivity contribution in [2.75, 3.05) is 7.05 Å². The van der Waals surface area contributed by atoms with Gasteiger partial charge in [-0.15, -0.1) is 0 Å². The number of carbonyl (C=O) groups is 1. The highest BCUT2D eigenvalue weighted by molar-refractivity contribution is 7.89. The Morgan fingerprint density at radius 2 is 2.25 bits per heavy atom. The molecule has 0 aliphatic rings. The first-order chi connectivity index (χ1) is 9.32. The molecule has 2 aromatic rings. The number of sulfonamides is 1. The molecule has 0 unspecified atom stereocenters. The van der Waals surface area contributed by atoms with Crippen molar-refractivity contribution >= 4 is 16.0 Å². The number of aryl methyl sites for hydroxylation is 1. The zero-order valence-corrected chi connectivity index (χ0v) is 11.8. The molecule has 9 heteroatoms. The zero-order chi connectivity index (χ0) is 14.9. The lowest BCUT2D eigenvalue weighted by molar-refractivity contribution is 0.0686. The molecule has 0 bridgehead atoms. The smallest absolute Gasteiger partial charge is 0.352 e. The molecule has 0 amide bonds. The molecule has 0 radical (unpaired) electrons. The summed E-state index contributed by atoms with van der Waals surface area (Å²) in [5.74, 6) is -1.17. The van der Waals surface area contributed by atoms with E-state index in [1.54, 1.807) is 6.20 Å². The van der Waals surface area contributed by atoms with Gasteiger partial charge in [-0.25, -0.2) is 13.2 Å². The van der Waals surface area contributed by atoms with Gasteiger partial charge in [-0.05, 0) is 6.07 Å². The van der Waals surface area contributed by atoms with Gasteiger partial charge in [0.2, 0.25) is 10.0 Å². The minimum Gasteiger partial charge on any atom is -0.477 e. The molecule has 2 N–H and O–H groups in total. The summed E-state index contributed by atoms with van der Waals surface area (Å²) in [7, 11) is -0.832. The van der Waals surface area contributed by atoms with E-state index in [0.29, 0.717) is 5.56 Å². The number of nitrogens with zero attached hydrogens (tertiary/aromatic N) is 3. The van der Waals surface area contributed by atoms with E-state index in [1.807, 2.05) is 0 Å². The van der Waals surface area contributed by atoms with E-state index < -0.39 is 16.0 Å². The number of hydrogen-bond donors (Lipinski definition) is 2. The second-order valence-corrected chi connectivity index (χ2v) is 6.39. The van der Waals surface area contributed by atoms with E-state index in [-0.39, 0.29) is 17.1 Å². The lowest BCUT2D eigenvalue weighted by atomic mass is 10.4. The molecule has 20 heavy (non-hydrogen) atoms. The maximum absolute atomic E-state index is 12.3. The van der Waals surface area contributed by atoms with Crippen LogP contribution in [-0.4, -0.2) is 45.6 Å². The molecule has 2 aromatic heterocycles. The van der Waals surface area contributed by atoms with Gasteiger partial charge in [0, 0.05) is 38.6 Å². The molecule has 0 aromatic carbocycles. The Bertz CT molecular complexity index is 718. The van der Waals surface area contributed by atoms with Crippen LogP contribution in [0.15, 0.2) is 29.6 Å². The monoisotopic (exact) mass is 298 g/mol. The van der Waals surface area contributed by atoms with Gasteiger partial charge in [0.05, 0.1) is 6.20 Å². The van der Waals surface area contributed by atoms with Crippen LogP contribution in [0.1, 0.15) is 16.1 Å². The molecule has 108 valence electrons. The number of H-pyrrole nitrogens is 1. The predicted molar refractivity (Wildman–Crippen MR) is 69.6 cm³/mol. The molecule has 0 aliphatic heterocycles. The average molecular weight is 298 g/mol. The molecule has 8 nitrogen and oxygen atoms in total. The molecule has 0 aliphatic carbocycles. The van der Waals surface area contributed by atoms with Gasteiger partial charge in [-0.3, -0.25) is 5.10 Å². The minimum atomic E-state index is -3.74. The lowest BCUT2D eigenvalue weighted by Gasteiger charge is -2.14. The summed E-state index contributed by atoms with van der Waals surface area (Å²) < 4.78 is 27.1. The summed E-state index contributed by atoms with van der Waals surface area (Å²) in [5, 5.41) is 15.3. The summed E-state index contributed by atoms with van der Waals surface area (Å²) in [4.78, 5) is 10.9. The normalized spacial score (nSPS) is 11.9. The molecular weight excluding hydrogens is 284 g/mol. The van der Waals surface area contributed by atoms with E-state index in [4.69, 9.17) is 5.11 Å². The van der Waals surface area contributed by atoms with Gasteiger partial charge < -0.3 is 9.67 Å². The average Bonchev–Trinajstić information content (AvgIpc) is 2.98. The highest BCUT2D eigenvalue weighted by Gasteiger charge is 2.24. The van der Waals surface area contributed by atoms with Crippen molar-refractivity contribution in [1.29, 1.82) is 0 Å². The first kappa shape index (κ1) is 14.3. The third-order valence-electron chi connectivity index (χ3n) is 2.87. The van der Waals surface area contributed by atoms with E-state index in [0.717, 1.165) is 10.4 Å². The number of aromatic amines is 1. The van der Waals surface area contributed by atoms with Crippen molar-refractivity contribution in [3.8, 4) is 0 Å². The van der Waals surface area contributed by atoms with E-state index in [9.17, 15) is 13.2 Å². The molecule has 2 heterocycles. The molecule has 0 spiro atoms. The van der Waals surface area contributed by atoms with Gasteiger partial charge in [0.25, 0.3) is 0 Å². The van der Waals surface area contributed by atoms with Gasteiger partial charge in [0.15, 0.2) is 0 Å². The van der Waals surface area contributed by atoms with Crippen LogP contribution >= 0.6 is 0 Å². The maximum Gasteiger partial charge on any atom is 0.352 e. The van der Waals surface area contributed by atoms with Crippen molar-refractivity contribution in [2.45, 2.75) is 11.4 Å². The van der Waals surface area contributed by atoms with Crippen LogP contribution in [0.2, 0.25) is 0 Å². The number of nitrogens with one attached hydrogen (secondary N) is 1. The van der Waals surface area contributed by atoms with Crippen molar-refractivity contribution in [3.05, 3.63) is 35.9 Å². The Labute approximate surface area is 115 Å². The minimum absolute atomic E-state index is 0.0524. The summed E-state index contributed by atoms with van der Waals surface area (Å²) in [6.45, 7) is 0.149. The lowest BCUT2D eigenvalue weighted by Crippen LogP contribution is -2.26. The number of rotatable bonds is 5. The molecular formula is C11H14N4O4S. The second-order valence-electron chi connectivity index (χ2n) is 4.34. The Kier molecular flexibility index (Phi) is 3.64. The third-order valence-corrected chi connectivity index (χ3v) is 4.64. The van der Waals surface area contributed by atoms with E-state index in [2.05, 4.69) is 10.2 Å². The van der Waals surface area contributed by atoms with Gasteiger partial charge in [-0.2, -0.15) is 9.40 Å². The molecule has 0 atom stereocenters. The Hall–Kier alpha value is -2.13. The topological polar surface area (TPSA) is 108 Å². The molecule has 0 saturated heterocycles. The summed E-state index contributed by atoms with van der Waals surface area (Å²) in [6, 6.07) is 1.14. The fourth-order valence-corrected chi connectivity index (χ4v) is 3.00. The second kappa shape index (κ2) is 5.10. The summed E-state index contributed by atoms with van der Waals surface area (Å²) in [6.07, 6.45) is 4.41. The number of carboxylic acid groups (broad SMARTS) is 1. The van der Waals surface area contributed by atoms with Crippen LogP contribution in [0, 0.1) is 0 Å². The predicted octanol–water partition coefficient (Wildman–Crippen LogP) is 0.267. The largest absolute Gasteiger partial charge is 0.477 e. The zero-order valence-electron chi connectivity index (χ0n) is 10.9. The summed E-state index contributed by atoms with van der Waals surface area (Å²) >= 11 is 0. The quantitative estimate of drug-likeness (QED) is 0.823.